The second-order valence-electron chi connectivity index (χ2n) is 5.39. The number of anilines is 1. The maximum absolute atomic E-state index is 6.41. The lowest BCUT2D eigenvalue weighted by atomic mass is 10.1. The van der Waals surface area contributed by atoms with E-state index in [0.717, 1.165) is 17.6 Å². The Morgan fingerprint density at radius 3 is 2.94 bits per heavy atom. The van der Waals surface area contributed by atoms with Crippen LogP contribution in [0.4, 0.5) is 5.69 Å². The number of nitrogens with zero attached hydrogens (tertiary/aromatic N) is 2. The summed E-state index contributed by atoms with van der Waals surface area (Å²) in [6.45, 7) is 5.89. The summed E-state index contributed by atoms with van der Waals surface area (Å²) in [6.07, 6.45) is 2.69. The molecule has 18 heavy (non-hydrogen) atoms. The molecule has 1 aromatic rings. The van der Waals surface area contributed by atoms with E-state index in [-0.39, 0.29) is 0 Å². The van der Waals surface area contributed by atoms with E-state index in [9.17, 15) is 0 Å². The minimum atomic E-state index is 0.553. The highest BCUT2D eigenvalue weighted by Crippen LogP contribution is 2.33. The zero-order chi connectivity index (χ0) is 12.7. The molecular formula is C14H18ClIN2. The van der Waals surface area contributed by atoms with Crippen LogP contribution in [0.1, 0.15) is 19.8 Å². The van der Waals surface area contributed by atoms with Crippen molar-refractivity contribution in [2.45, 2.75) is 31.8 Å². The summed E-state index contributed by atoms with van der Waals surface area (Å²) < 4.78 is 1.20. The number of hydrogen-bond acceptors (Lipinski definition) is 2. The molecule has 0 N–H and O–H groups in total. The van der Waals surface area contributed by atoms with E-state index in [2.05, 4.69) is 57.5 Å². The van der Waals surface area contributed by atoms with Crippen molar-refractivity contribution in [1.29, 1.82) is 0 Å². The standard InChI is InChI=1S/C14H18ClIN2/c1-10-8-17-6-2-3-12(17)9-18(10)14-5-4-11(16)7-13(14)15/h4-5,7,10,12H,2-3,6,8-9H2,1H3. The van der Waals surface area contributed by atoms with Crippen LogP contribution in [-0.4, -0.2) is 36.6 Å². The van der Waals surface area contributed by atoms with Gasteiger partial charge in [-0.1, -0.05) is 11.6 Å². The predicted octanol–water partition coefficient (Wildman–Crippen LogP) is 3.62. The number of benzene rings is 1. The first-order valence-electron chi connectivity index (χ1n) is 6.61. The molecule has 0 spiro atoms. The van der Waals surface area contributed by atoms with Gasteiger partial charge >= 0.3 is 0 Å². The first kappa shape index (κ1) is 13.0. The average Bonchev–Trinajstić information content (AvgIpc) is 2.75. The van der Waals surface area contributed by atoms with E-state index in [0.29, 0.717) is 6.04 Å². The van der Waals surface area contributed by atoms with Crippen LogP contribution >= 0.6 is 34.2 Å². The van der Waals surface area contributed by atoms with Crippen molar-refractivity contribution in [3.63, 3.8) is 0 Å². The summed E-state index contributed by atoms with van der Waals surface area (Å²) in [5, 5.41) is 0.889. The third-order valence-corrected chi connectivity index (χ3v) is 5.13. The molecule has 0 aliphatic carbocycles. The van der Waals surface area contributed by atoms with Gasteiger partial charge in [-0.05, 0) is 67.1 Å². The number of hydrogen-bond donors (Lipinski definition) is 0. The van der Waals surface area contributed by atoms with E-state index in [1.807, 2.05) is 0 Å². The average molecular weight is 377 g/mol. The van der Waals surface area contributed by atoms with E-state index in [1.165, 1.54) is 35.2 Å². The summed E-state index contributed by atoms with van der Waals surface area (Å²) in [5.41, 5.74) is 1.20. The van der Waals surface area contributed by atoms with E-state index in [1.54, 1.807) is 0 Å². The van der Waals surface area contributed by atoms with Crippen molar-refractivity contribution >= 4 is 39.9 Å². The molecule has 2 aliphatic heterocycles. The molecule has 2 aliphatic rings. The minimum Gasteiger partial charge on any atom is -0.365 e. The Balaban J connectivity index is 1.86. The van der Waals surface area contributed by atoms with Gasteiger partial charge in [-0.25, -0.2) is 0 Å². The van der Waals surface area contributed by atoms with Crippen molar-refractivity contribution in [2.24, 2.45) is 0 Å². The quantitative estimate of drug-likeness (QED) is 0.691. The van der Waals surface area contributed by atoms with Crippen LogP contribution in [0.3, 0.4) is 0 Å². The van der Waals surface area contributed by atoms with E-state index >= 15 is 0 Å². The van der Waals surface area contributed by atoms with Gasteiger partial charge in [-0.2, -0.15) is 0 Å². The number of rotatable bonds is 1. The molecule has 3 rings (SSSR count). The fourth-order valence-electron chi connectivity index (χ4n) is 3.24. The molecular weight excluding hydrogens is 359 g/mol. The molecule has 2 nitrogen and oxygen atoms in total. The second kappa shape index (κ2) is 5.17. The smallest absolute Gasteiger partial charge is 0.0650 e. The van der Waals surface area contributed by atoms with Gasteiger partial charge < -0.3 is 4.90 Å². The van der Waals surface area contributed by atoms with Crippen LogP contribution in [0.15, 0.2) is 18.2 Å². The predicted molar refractivity (Wildman–Crippen MR) is 85.6 cm³/mol. The lowest BCUT2D eigenvalue weighted by molar-refractivity contribution is 0.203. The van der Waals surface area contributed by atoms with Crippen molar-refractivity contribution in [3.05, 3.63) is 26.8 Å². The van der Waals surface area contributed by atoms with Crippen LogP contribution < -0.4 is 4.90 Å². The van der Waals surface area contributed by atoms with Crippen LogP contribution in [-0.2, 0) is 0 Å². The summed E-state index contributed by atoms with van der Waals surface area (Å²) in [5.74, 6) is 0. The molecule has 0 aromatic heterocycles. The highest BCUT2D eigenvalue weighted by atomic mass is 127. The van der Waals surface area contributed by atoms with Gasteiger partial charge in [0.05, 0.1) is 10.7 Å². The molecule has 4 heteroatoms. The number of halogens is 2. The Morgan fingerprint density at radius 1 is 1.33 bits per heavy atom. The number of fused-ring (bicyclic) bond motifs is 1. The Bertz CT molecular complexity index is 451. The molecule has 0 bridgehead atoms. The monoisotopic (exact) mass is 376 g/mol. The molecule has 0 radical (unpaired) electrons. The van der Waals surface area contributed by atoms with Gasteiger partial charge in [0.15, 0.2) is 0 Å². The summed E-state index contributed by atoms with van der Waals surface area (Å²) in [7, 11) is 0. The van der Waals surface area contributed by atoms with Crippen molar-refractivity contribution in [2.75, 3.05) is 24.5 Å². The van der Waals surface area contributed by atoms with Gasteiger partial charge in [0.1, 0.15) is 0 Å². The maximum atomic E-state index is 6.41. The Labute approximate surface area is 127 Å². The van der Waals surface area contributed by atoms with Gasteiger partial charge in [0.2, 0.25) is 0 Å². The van der Waals surface area contributed by atoms with Gasteiger partial charge in [-0.15, -0.1) is 0 Å². The van der Waals surface area contributed by atoms with Crippen molar-refractivity contribution < 1.29 is 0 Å². The van der Waals surface area contributed by atoms with Crippen LogP contribution in [0.25, 0.3) is 0 Å². The topological polar surface area (TPSA) is 6.48 Å². The minimum absolute atomic E-state index is 0.553. The normalized spacial score (nSPS) is 28.5. The van der Waals surface area contributed by atoms with Crippen LogP contribution in [0.5, 0.6) is 0 Å². The Kier molecular flexibility index (Phi) is 3.74. The van der Waals surface area contributed by atoms with Gasteiger partial charge in [-0.3, -0.25) is 4.90 Å². The lowest BCUT2D eigenvalue weighted by Crippen LogP contribution is -2.55. The maximum Gasteiger partial charge on any atom is 0.0650 e. The molecule has 2 fully saturated rings. The summed E-state index contributed by atoms with van der Waals surface area (Å²) in [4.78, 5) is 5.13. The third-order valence-electron chi connectivity index (χ3n) is 4.16. The first-order valence-corrected chi connectivity index (χ1v) is 8.06. The van der Waals surface area contributed by atoms with E-state index in [4.69, 9.17) is 11.6 Å². The Hall–Kier alpha value is -0.0000000000000000555. The zero-order valence-electron chi connectivity index (χ0n) is 10.6. The molecule has 1 aromatic carbocycles. The first-order chi connectivity index (χ1) is 8.65. The van der Waals surface area contributed by atoms with Crippen molar-refractivity contribution in [3.8, 4) is 0 Å². The highest BCUT2D eigenvalue weighted by molar-refractivity contribution is 14.1. The van der Waals surface area contributed by atoms with Crippen LogP contribution in [0.2, 0.25) is 5.02 Å². The van der Waals surface area contributed by atoms with Crippen molar-refractivity contribution in [1.82, 2.24) is 4.90 Å². The zero-order valence-corrected chi connectivity index (χ0v) is 13.5. The SMILES string of the molecule is CC1CN2CCCC2CN1c1ccc(I)cc1Cl. The molecule has 0 amide bonds. The van der Waals surface area contributed by atoms with Gasteiger partial charge in [0, 0.05) is 28.7 Å². The molecule has 2 atom stereocenters. The fraction of sp³-hybridized carbons (Fsp3) is 0.571. The second-order valence-corrected chi connectivity index (χ2v) is 7.04. The van der Waals surface area contributed by atoms with Crippen LogP contribution in [0, 0.1) is 3.57 Å². The van der Waals surface area contributed by atoms with Gasteiger partial charge in [0.25, 0.3) is 0 Å². The molecule has 2 unspecified atom stereocenters. The third kappa shape index (κ3) is 2.37. The fourth-order valence-corrected chi connectivity index (χ4v) is 4.20. The Morgan fingerprint density at radius 2 is 2.17 bits per heavy atom. The highest BCUT2D eigenvalue weighted by Gasteiger charge is 2.34. The summed E-state index contributed by atoms with van der Waals surface area (Å²) in [6, 6.07) is 7.67. The lowest BCUT2D eigenvalue weighted by Gasteiger charge is -2.44. The molecule has 98 valence electrons. The largest absolute Gasteiger partial charge is 0.365 e. The van der Waals surface area contributed by atoms with E-state index < -0.39 is 0 Å². The molecule has 0 saturated carbocycles. The number of piperazine rings is 1. The molecule has 2 saturated heterocycles. The summed E-state index contributed by atoms with van der Waals surface area (Å²) >= 11 is 8.72. The molecule has 2 heterocycles.